The molecule has 1 amide bonds. The molecule has 0 aliphatic heterocycles. The van der Waals surface area contributed by atoms with Crippen LogP contribution in [0.1, 0.15) is 16.3 Å². The number of carbonyl (C=O) groups excluding carboxylic acids is 1. The molecule has 0 atom stereocenters. The highest BCUT2D eigenvalue weighted by Gasteiger charge is 2.24. The monoisotopic (exact) mass is 267 g/mol. The summed E-state index contributed by atoms with van der Waals surface area (Å²) < 4.78 is 5.57. The van der Waals surface area contributed by atoms with E-state index in [2.05, 4.69) is 10.2 Å². The number of nitrogens with zero attached hydrogens (tertiary/aromatic N) is 1. The number of hydrogen-bond donors (Lipinski definition) is 2. The molecule has 3 N–H and O–H groups in total. The summed E-state index contributed by atoms with van der Waals surface area (Å²) in [5, 5.41) is 6.71. The van der Waals surface area contributed by atoms with Gasteiger partial charge in [0.1, 0.15) is 5.76 Å². The van der Waals surface area contributed by atoms with Crippen LogP contribution >= 0.6 is 0 Å². The maximum atomic E-state index is 11.6. The normalized spacial score (nSPS) is 10.7. The summed E-state index contributed by atoms with van der Waals surface area (Å²) in [6, 6.07) is 9.56. The average molecular weight is 267 g/mol. The molecule has 2 aromatic heterocycles. The molecule has 0 saturated heterocycles. The predicted molar refractivity (Wildman–Crippen MR) is 75.0 cm³/mol. The van der Waals surface area contributed by atoms with E-state index in [1.807, 2.05) is 30.3 Å². The lowest BCUT2D eigenvalue weighted by Crippen LogP contribution is -2.10. The summed E-state index contributed by atoms with van der Waals surface area (Å²) >= 11 is 0. The zero-order valence-corrected chi connectivity index (χ0v) is 10.9. The van der Waals surface area contributed by atoms with Gasteiger partial charge in [-0.15, -0.1) is 0 Å². The SMILES string of the molecule is Cc1oc(C(N)=O)c(-c2ccccc2)c1-c1cn[nH]c1. The van der Waals surface area contributed by atoms with Crippen molar-refractivity contribution in [3.63, 3.8) is 0 Å². The van der Waals surface area contributed by atoms with Gasteiger partial charge >= 0.3 is 0 Å². The molecule has 0 radical (unpaired) electrons. The number of rotatable bonds is 3. The van der Waals surface area contributed by atoms with Gasteiger partial charge in [-0.25, -0.2) is 0 Å². The van der Waals surface area contributed by atoms with Gasteiger partial charge in [0.05, 0.1) is 6.20 Å². The van der Waals surface area contributed by atoms with E-state index in [0.29, 0.717) is 11.3 Å². The second kappa shape index (κ2) is 4.70. The van der Waals surface area contributed by atoms with Crippen molar-refractivity contribution in [1.82, 2.24) is 10.2 Å². The number of nitrogens with two attached hydrogens (primary N) is 1. The average Bonchev–Trinajstić information content (AvgIpc) is 3.06. The van der Waals surface area contributed by atoms with Crippen LogP contribution < -0.4 is 5.73 Å². The minimum atomic E-state index is -0.582. The number of furan rings is 1. The Kier molecular flexibility index (Phi) is 2.87. The summed E-state index contributed by atoms with van der Waals surface area (Å²) in [6.07, 6.45) is 3.45. The lowest BCUT2D eigenvalue weighted by atomic mass is 9.96. The van der Waals surface area contributed by atoms with Crippen LogP contribution in [0, 0.1) is 6.92 Å². The first kappa shape index (κ1) is 12.2. The van der Waals surface area contributed by atoms with Crippen molar-refractivity contribution in [3.8, 4) is 22.3 Å². The van der Waals surface area contributed by atoms with Crippen LogP contribution in [0.25, 0.3) is 22.3 Å². The highest BCUT2D eigenvalue weighted by atomic mass is 16.3. The van der Waals surface area contributed by atoms with Crippen molar-refractivity contribution in [2.24, 2.45) is 5.73 Å². The van der Waals surface area contributed by atoms with Crippen LogP contribution in [0.4, 0.5) is 0 Å². The van der Waals surface area contributed by atoms with E-state index < -0.39 is 5.91 Å². The predicted octanol–water partition coefficient (Wildman–Crippen LogP) is 2.74. The van der Waals surface area contributed by atoms with Gasteiger partial charge in [-0.2, -0.15) is 5.10 Å². The quantitative estimate of drug-likeness (QED) is 0.765. The van der Waals surface area contributed by atoms with E-state index in [4.69, 9.17) is 10.2 Å². The minimum Gasteiger partial charge on any atom is -0.455 e. The van der Waals surface area contributed by atoms with E-state index in [1.54, 1.807) is 19.3 Å². The van der Waals surface area contributed by atoms with Crippen LogP contribution in [0.2, 0.25) is 0 Å². The van der Waals surface area contributed by atoms with E-state index in [1.165, 1.54) is 0 Å². The van der Waals surface area contributed by atoms with E-state index in [-0.39, 0.29) is 5.76 Å². The van der Waals surface area contributed by atoms with Crippen molar-refractivity contribution in [2.75, 3.05) is 0 Å². The molecule has 2 heterocycles. The van der Waals surface area contributed by atoms with Crippen LogP contribution in [0.15, 0.2) is 47.1 Å². The van der Waals surface area contributed by atoms with Crippen molar-refractivity contribution in [1.29, 1.82) is 0 Å². The Bertz CT molecular complexity index is 743. The molecule has 1 aromatic carbocycles. The second-order valence-electron chi connectivity index (χ2n) is 4.45. The van der Waals surface area contributed by atoms with Crippen molar-refractivity contribution >= 4 is 5.91 Å². The smallest absolute Gasteiger partial charge is 0.285 e. The van der Waals surface area contributed by atoms with Crippen molar-refractivity contribution in [2.45, 2.75) is 6.92 Å². The van der Waals surface area contributed by atoms with Gasteiger partial charge in [-0.1, -0.05) is 30.3 Å². The Morgan fingerprint density at radius 2 is 1.95 bits per heavy atom. The molecule has 5 heteroatoms. The first-order valence-electron chi connectivity index (χ1n) is 6.16. The molecule has 0 unspecified atom stereocenters. The molecule has 5 nitrogen and oxygen atoms in total. The van der Waals surface area contributed by atoms with Crippen LogP contribution in [0.3, 0.4) is 0 Å². The molecule has 0 fully saturated rings. The molecule has 0 bridgehead atoms. The van der Waals surface area contributed by atoms with Crippen LogP contribution in [0.5, 0.6) is 0 Å². The Labute approximate surface area is 115 Å². The molecule has 3 rings (SSSR count). The lowest BCUT2D eigenvalue weighted by molar-refractivity contribution is 0.0973. The van der Waals surface area contributed by atoms with Crippen molar-refractivity contribution < 1.29 is 9.21 Å². The highest BCUT2D eigenvalue weighted by Crippen LogP contribution is 2.39. The van der Waals surface area contributed by atoms with Gasteiger partial charge < -0.3 is 10.2 Å². The zero-order chi connectivity index (χ0) is 14.1. The lowest BCUT2D eigenvalue weighted by Gasteiger charge is -2.03. The molecule has 20 heavy (non-hydrogen) atoms. The standard InChI is InChI=1S/C15H13N3O2/c1-9-12(11-7-17-18-8-11)13(14(20-9)15(16)19)10-5-3-2-4-6-10/h2-8H,1H3,(H2,16,19)(H,17,18). The highest BCUT2D eigenvalue weighted by molar-refractivity contribution is 6.02. The molecule has 100 valence electrons. The number of hydrogen-bond acceptors (Lipinski definition) is 3. The summed E-state index contributed by atoms with van der Waals surface area (Å²) in [6.45, 7) is 1.81. The van der Waals surface area contributed by atoms with Gasteiger partial charge in [0.2, 0.25) is 0 Å². The molecule has 0 aliphatic carbocycles. The second-order valence-corrected chi connectivity index (χ2v) is 4.45. The Morgan fingerprint density at radius 1 is 1.20 bits per heavy atom. The Balaban J connectivity index is 2.33. The summed E-state index contributed by atoms with van der Waals surface area (Å²) in [7, 11) is 0. The number of aromatic nitrogens is 2. The summed E-state index contributed by atoms with van der Waals surface area (Å²) in [5.41, 5.74) is 8.71. The van der Waals surface area contributed by atoms with Gasteiger partial charge in [-0.3, -0.25) is 9.89 Å². The third-order valence-electron chi connectivity index (χ3n) is 3.16. The topological polar surface area (TPSA) is 84.9 Å². The number of amides is 1. The fourth-order valence-electron chi connectivity index (χ4n) is 2.33. The summed E-state index contributed by atoms with van der Waals surface area (Å²) in [4.78, 5) is 11.6. The number of aryl methyl sites for hydroxylation is 1. The van der Waals surface area contributed by atoms with Gasteiger partial charge in [0, 0.05) is 22.9 Å². The number of carbonyl (C=O) groups is 1. The molecular weight excluding hydrogens is 254 g/mol. The minimum absolute atomic E-state index is 0.171. The first-order chi connectivity index (χ1) is 9.68. The van der Waals surface area contributed by atoms with Crippen LogP contribution in [-0.2, 0) is 0 Å². The number of benzene rings is 1. The molecule has 0 saturated carbocycles. The van der Waals surface area contributed by atoms with E-state index in [0.717, 1.165) is 16.7 Å². The van der Waals surface area contributed by atoms with Crippen molar-refractivity contribution in [3.05, 3.63) is 54.2 Å². The first-order valence-corrected chi connectivity index (χ1v) is 6.16. The molecule has 0 spiro atoms. The Hall–Kier alpha value is -2.82. The number of H-pyrrole nitrogens is 1. The maximum Gasteiger partial charge on any atom is 0.285 e. The fourth-order valence-corrected chi connectivity index (χ4v) is 2.33. The molecule has 0 aliphatic rings. The number of nitrogens with one attached hydrogen (secondary N) is 1. The van der Waals surface area contributed by atoms with Gasteiger partial charge in [0.15, 0.2) is 5.76 Å². The molecule has 3 aromatic rings. The Morgan fingerprint density at radius 3 is 2.55 bits per heavy atom. The largest absolute Gasteiger partial charge is 0.455 e. The zero-order valence-electron chi connectivity index (χ0n) is 10.9. The third-order valence-corrected chi connectivity index (χ3v) is 3.16. The van der Waals surface area contributed by atoms with Crippen LogP contribution in [-0.4, -0.2) is 16.1 Å². The number of aromatic amines is 1. The third kappa shape index (κ3) is 1.89. The van der Waals surface area contributed by atoms with Gasteiger partial charge in [-0.05, 0) is 12.5 Å². The maximum absolute atomic E-state index is 11.6. The van der Waals surface area contributed by atoms with E-state index >= 15 is 0 Å². The molecular formula is C15H13N3O2. The van der Waals surface area contributed by atoms with Gasteiger partial charge in [0.25, 0.3) is 5.91 Å². The van der Waals surface area contributed by atoms with E-state index in [9.17, 15) is 4.79 Å². The summed E-state index contributed by atoms with van der Waals surface area (Å²) in [5.74, 6) is 0.227. The number of primary amides is 1. The fraction of sp³-hybridized carbons (Fsp3) is 0.0667.